The Hall–Kier alpha value is -0.0800. The average molecular weight is 226 g/mol. The van der Waals surface area contributed by atoms with Gasteiger partial charge in [0.25, 0.3) is 0 Å². The largest absolute Gasteiger partial charge is 0.328 e. The highest BCUT2D eigenvalue weighted by atomic mass is 15.3. The summed E-state index contributed by atoms with van der Waals surface area (Å²) in [5, 5.41) is 0. The molecule has 96 valence electrons. The highest BCUT2D eigenvalue weighted by molar-refractivity contribution is 5.02. The van der Waals surface area contributed by atoms with Crippen molar-refractivity contribution >= 4 is 0 Å². The minimum Gasteiger partial charge on any atom is -0.328 e. The Morgan fingerprint density at radius 2 is 1.44 bits per heavy atom. The highest BCUT2D eigenvalue weighted by Crippen LogP contribution is 2.39. The first-order chi connectivity index (χ1) is 6.94. The Balaban J connectivity index is 2.93. The van der Waals surface area contributed by atoms with Crippen LogP contribution < -0.4 is 5.73 Å². The zero-order valence-corrected chi connectivity index (χ0v) is 12.2. The van der Waals surface area contributed by atoms with E-state index in [1.54, 1.807) is 0 Å². The molecular weight excluding hydrogens is 196 g/mol. The van der Waals surface area contributed by atoms with E-state index in [-0.39, 0.29) is 11.1 Å². The van der Waals surface area contributed by atoms with Gasteiger partial charge >= 0.3 is 0 Å². The van der Waals surface area contributed by atoms with E-state index in [1.165, 1.54) is 0 Å². The SMILES string of the molecule is CC(C)(C)CN1C(C)(C)CC(N)CC1(C)C. The quantitative estimate of drug-likeness (QED) is 0.745. The number of nitrogens with two attached hydrogens (primary N) is 1. The predicted molar refractivity (Wildman–Crippen MR) is 71.5 cm³/mol. The maximum Gasteiger partial charge on any atom is 0.0173 e. The topological polar surface area (TPSA) is 29.3 Å². The maximum atomic E-state index is 6.19. The summed E-state index contributed by atoms with van der Waals surface area (Å²) in [5.74, 6) is 0. The number of piperidine rings is 1. The Kier molecular flexibility index (Phi) is 3.49. The number of nitrogens with zero attached hydrogens (tertiary/aromatic N) is 1. The third-order valence-corrected chi connectivity index (χ3v) is 3.62. The third kappa shape index (κ3) is 3.21. The van der Waals surface area contributed by atoms with Gasteiger partial charge in [-0.25, -0.2) is 0 Å². The van der Waals surface area contributed by atoms with Crippen molar-refractivity contribution in [2.75, 3.05) is 6.54 Å². The Bertz CT molecular complexity index is 230. The fourth-order valence-corrected chi connectivity index (χ4v) is 3.30. The summed E-state index contributed by atoms with van der Waals surface area (Å²) in [6.45, 7) is 17.4. The van der Waals surface area contributed by atoms with Gasteiger partial charge in [-0.2, -0.15) is 0 Å². The molecule has 1 aliphatic rings. The number of hydrogen-bond donors (Lipinski definition) is 1. The van der Waals surface area contributed by atoms with Crippen molar-refractivity contribution in [3.8, 4) is 0 Å². The lowest BCUT2D eigenvalue weighted by atomic mass is 9.75. The zero-order chi connectivity index (χ0) is 12.8. The van der Waals surface area contributed by atoms with E-state index >= 15 is 0 Å². The zero-order valence-electron chi connectivity index (χ0n) is 12.2. The molecule has 0 atom stereocenters. The van der Waals surface area contributed by atoms with Crippen LogP contribution in [0.5, 0.6) is 0 Å². The van der Waals surface area contributed by atoms with Crippen molar-refractivity contribution in [1.29, 1.82) is 0 Å². The fourth-order valence-electron chi connectivity index (χ4n) is 3.30. The van der Waals surface area contributed by atoms with Crippen LogP contribution in [0.2, 0.25) is 0 Å². The molecule has 1 fully saturated rings. The van der Waals surface area contributed by atoms with Gasteiger partial charge in [-0.3, -0.25) is 4.90 Å². The molecule has 1 heterocycles. The van der Waals surface area contributed by atoms with E-state index in [2.05, 4.69) is 53.4 Å². The summed E-state index contributed by atoms with van der Waals surface area (Å²) in [7, 11) is 0. The normalized spacial score (nSPS) is 27.0. The molecule has 0 aromatic heterocycles. The average Bonchev–Trinajstić information content (AvgIpc) is 1.92. The van der Waals surface area contributed by atoms with Gasteiger partial charge in [0.1, 0.15) is 0 Å². The molecule has 1 saturated heterocycles. The molecule has 0 aromatic rings. The summed E-state index contributed by atoms with van der Waals surface area (Å²) >= 11 is 0. The Labute approximate surface area is 102 Å². The first-order valence-corrected chi connectivity index (χ1v) is 6.47. The minimum absolute atomic E-state index is 0.217. The van der Waals surface area contributed by atoms with Crippen LogP contribution in [-0.4, -0.2) is 28.6 Å². The second-order valence-electron chi connectivity index (χ2n) is 7.94. The molecule has 0 amide bonds. The van der Waals surface area contributed by atoms with Gasteiger partial charge < -0.3 is 5.73 Å². The number of likely N-dealkylation sites (tertiary alicyclic amines) is 1. The molecule has 0 radical (unpaired) electrons. The number of rotatable bonds is 1. The van der Waals surface area contributed by atoms with Crippen LogP contribution >= 0.6 is 0 Å². The van der Waals surface area contributed by atoms with Crippen molar-refractivity contribution in [3.63, 3.8) is 0 Å². The standard InChI is InChI=1S/C14H30N2/c1-12(2,3)10-16-13(4,5)8-11(15)9-14(16,6)7/h11H,8-10,15H2,1-7H3. The summed E-state index contributed by atoms with van der Waals surface area (Å²) in [6, 6.07) is 0.348. The minimum atomic E-state index is 0.217. The molecule has 0 spiro atoms. The van der Waals surface area contributed by atoms with Crippen molar-refractivity contribution in [3.05, 3.63) is 0 Å². The van der Waals surface area contributed by atoms with E-state index in [0.29, 0.717) is 11.5 Å². The van der Waals surface area contributed by atoms with Crippen LogP contribution in [0.4, 0.5) is 0 Å². The molecule has 2 heteroatoms. The molecule has 0 bridgehead atoms. The molecule has 16 heavy (non-hydrogen) atoms. The van der Waals surface area contributed by atoms with E-state index in [4.69, 9.17) is 5.73 Å². The molecule has 0 aromatic carbocycles. The van der Waals surface area contributed by atoms with Crippen LogP contribution in [0, 0.1) is 5.41 Å². The predicted octanol–water partition coefficient (Wildman–Crippen LogP) is 3.01. The smallest absolute Gasteiger partial charge is 0.0173 e. The first kappa shape index (κ1) is 14.0. The van der Waals surface area contributed by atoms with Crippen LogP contribution in [0.15, 0.2) is 0 Å². The van der Waals surface area contributed by atoms with E-state index in [0.717, 1.165) is 19.4 Å². The number of hydrogen-bond acceptors (Lipinski definition) is 2. The second kappa shape index (κ2) is 3.99. The molecular formula is C14H30N2. The van der Waals surface area contributed by atoms with E-state index < -0.39 is 0 Å². The summed E-state index contributed by atoms with van der Waals surface area (Å²) < 4.78 is 0. The van der Waals surface area contributed by atoms with Gasteiger partial charge in [0.05, 0.1) is 0 Å². The van der Waals surface area contributed by atoms with Crippen LogP contribution in [0.3, 0.4) is 0 Å². The summed E-state index contributed by atoms with van der Waals surface area (Å²) in [6.07, 6.45) is 2.21. The third-order valence-electron chi connectivity index (χ3n) is 3.62. The highest BCUT2D eigenvalue weighted by Gasteiger charge is 2.45. The monoisotopic (exact) mass is 226 g/mol. The van der Waals surface area contributed by atoms with Gasteiger partial charge in [0.2, 0.25) is 0 Å². The Morgan fingerprint density at radius 3 is 1.75 bits per heavy atom. The van der Waals surface area contributed by atoms with Crippen molar-refractivity contribution in [2.24, 2.45) is 11.1 Å². The van der Waals surface area contributed by atoms with E-state index in [1.807, 2.05) is 0 Å². The molecule has 0 aliphatic carbocycles. The van der Waals surface area contributed by atoms with Gasteiger partial charge in [-0.15, -0.1) is 0 Å². The van der Waals surface area contributed by atoms with Gasteiger partial charge in [0.15, 0.2) is 0 Å². The van der Waals surface area contributed by atoms with Crippen molar-refractivity contribution < 1.29 is 0 Å². The first-order valence-electron chi connectivity index (χ1n) is 6.47. The molecule has 1 aliphatic heterocycles. The van der Waals surface area contributed by atoms with Crippen molar-refractivity contribution in [1.82, 2.24) is 4.90 Å². The van der Waals surface area contributed by atoms with Gasteiger partial charge in [-0.1, -0.05) is 20.8 Å². The van der Waals surface area contributed by atoms with Gasteiger partial charge in [0, 0.05) is 23.7 Å². The summed E-state index contributed by atoms with van der Waals surface area (Å²) in [4.78, 5) is 2.66. The molecule has 0 unspecified atom stereocenters. The molecule has 2 N–H and O–H groups in total. The van der Waals surface area contributed by atoms with Gasteiger partial charge in [-0.05, 0) is 46.0 Å². The Morgan fingerprint density at radius 1 is 1.06 bits per heavy atom. The van der Waals surface area contributed by atoms with Crippen LogP contribution in [0.1, 0.15) is 61.3 Å². The second-order valence-corrected chi connectivity index (χ2v) is 7.94. The summed E-state index contributed by atoms with van der Waals surface area (Å²) in [5.41, 5.74) is 6.96. The van der Waals surface area contributed by atoms with Crippen LogP contribution in [0.25, 0.3) is 0 Å². The van der Waals surface area contributed by atoms with Crippen LogP contribution in [-0.2, 0) is 0 Å². The molecule has 1 rings (SSSR count). The molecule has 0 saturated carbocycles. The molecule has 2 nitrogen and oxygen atoms in total. The lowest BCUT2D eigenvalue weighted by molar-refractivity contribution is -0.0546. The lowest BCUT2D eigenvalue weighted by Crippen LogP contribution is -2.64. The fraction of sp³-hybridized carbons (Fsp3) is 1.00. The van der Waals surface area contributed by atoms with Crippen molar-refractivity contribution in [2.45, 2.75) is 78.4 Å². The maximum absolute atomic E-state index is 6.19. The lowest BCUT2D eigenvalue weighted by Gasteiger charge is -2.56. The van der Waals surface area contributed by atoms with E-state index in [9.17, 15) is 0 Å².